The van der Waals surface area contributed by atoms with Gasteiger partial charge in [0.05, 0.1) is 28.5 Å². The number of aromatic amines is 2. The molecule has 0 aliphatic heterocycles. The predicted octanol–water partition coefficient (Wildman–Crippen LogP) is 4.89. The molecule has 0 spiro atoms. The minimum atomic E-state index is -0.432. The Hall–Kier alpha value is -4.18. The number of halogens is 1. The molecule has 0 bridgehead atoms. The highest BCUT2D eigenvalue weighted by Crippen LogP contribution is 2.34. The van der Waals surface area contributed by atoms with Crippen molar-refractivity contribution in [2.75, 3.05) is 19.0 Å². The van der Waals surface area contributed by atoms with E-state index < -0.39 is 5.82 Å². The summed E-state index contributed by atoms with van der Waals surface area (Å²) in [7, 11) is 3.82. The van der Waals surface area contributed by atoms with Crippen LogP contribution in [0.5, 0.6) is 0 Å². The van der Waals surface area contributed by atoms with E-state index in [1.54, 1.807) is 29.9 Å². The van der Waals surface area contributed by atoms with Gasteiger partial charge in [-0.2, -0.15) is 16.4 Å². The molecule has 33 heavy (non-hydrogen) atoms. The number of hydrogen-bond acceptors (Lipinski definition) is 7. The zero-order chi connectivity index (χ0) is 22.5. The van der Waals surface area contributed by atoms with Crippen molar-refractivity contribution in [3.05, 3.63) is 59.6 Å². The molecule has 8 nitrogen and oxygen atoms in total. The van der Waals surface area contributed by atoms with Crippen molar-refractivity contribution in [3.63, 3.8) is 0 Å². The van der Waals surface area contributed by atoms with E-state index in [-0.39, 0.29) is 5.39 Å². The Bertz CT molecular complexity index is 1620. The van der Waals surface area contributed by atoms with Crippen LogP contribution in [0.1, 0.15) is 0 Å². The summed E-state index contributed by atoms with van der Waals surface area (Å²) in [6.07, 6.45) is 6.57. The lowest BCUT2D eigenvalue weighted by Crippen LogP contribution is -2.08. The molecular formula is C23H17FN8S. The highest BCUT2D eigenvalue weighted by atomic mass is 32.1. The van der Waals surface area contributed by atoms with E-state index in [2.05, 4.69) is 30.1 Å². The van der Waals surface area contributed by atoms with Gasteiger partial charge in [0.2, 0.25) is 0 Å². The third kappa shape index (κ3) is 3.14. The van der Waals surface area contributed by atoms with Gasteiger partial charge in [-0.1, -0.05) is 0 Å². The molecule has 10 heteroatoms. The highest BCUT2D eigenvalue weighted by Gasteiger charge is 2.21. The summed E-state index contributed by atoms with van der Waals surface area (Å²) in [5.41, 5.74) is 5.80. The zero-order valence-corrected chi connectivity index (χ0v) is 18.5. The first kappa shape index (κ1) is 19.5. The predicted molar refractivity (Wildman–Crippen MR) is 128 cm³/mol. The third-order valence-corrected chi connectivity index (χ3v) is 6.18. The average molecular weight is 457 g/mol. The molecule has 0 saturated carbocycles. The molecule has 6 aromatic rings. The number of hydrogen-bond donors (Lipinski definition) is 2. The maximum atomic E-state index is 15.8. The third-order valence-electron chi connectivity index (χ3n) is 5.50. The van der Waals surface area contributed by atoms with Crippen molar-refractivity contribution in [1.82, 2.24) is 35.1 Å². The van der Waals surface area contributed by atoms with Crippen LogP contribution in [-0.2, 0) is 0 Å². The molecule has 0 aromatic carbocycles. The first-order valence-corrected chi connectivity index (χ1v) is 11.1. The van der Waals surface area contributed by atoms with Crippen LogP contribution in [0.3, 0.4) is 0 Å². The van der Waals surface area contributed by atoms with E-state index in [4.69, 9.17) is 4.98 Å². The van der Waals surface area contributed by atoms with Crippen LogP contribution in [0, 0.1) is 5.82 Å². The van der Waals surface area contributed by atoms with Crippen LogP contribution < -0.4 is 4.90 Å². The number of thiophene rings is 1. The number of rotatable bonds is 4. The van der Waals surface area contributed by atoms with Crippen molar-refractivity contribution >= 4 is 39.1 Å². The quantitative estimate of drug-likeness (QED) is 0.392. The average Bonchev–Trinajstić information content (AvgIpc) is 3.58. The summed E-state index contributed by atoms with van der Waals surface area (Å²) in [6.45, 7) is 0. The minimum Gasteiger partial charge on any atom is -0.376 e. The second kappa shape index (κ2) is 7.45. The van der Waals surface area contributed by atoms with Gasteiger partial charge in [0.25, 0.3) is 0 Å². The smallest absolute Gasteiger partial charge is 0.159 e. The Balaban J connectivity index is 1.53. The molecule has 0 fully saturated rings. The van der Waals surface area contributed by atoms with E-state index in [0.717, 1.165) is 22.5 Å². The normalized spacial score (nSPS) is 11.5. The van der Waals surface area contributed by atoms with E-state index in [9.17, 15) is 0 Å². The van der Waals surface area contributed by atoms with Crippen molar-refractivity contribution in [3.8, 4) is 33.9 Å². The molecular weight excluding hydrogens is 439 g/mol. The SMILES string of the molecule is CN(C)c1cncc(-c2cnc3[nH]nc(-c4nc5c(-c6ccsc6)nccc5[nH]4)c3c2F)c1. The highest BCUT2D eigenvalue weighted by molar-refractivity contribution is 7.08. The standard InChI is InChI=1S/C23H17FN8S/c1-32(2)14-7-13(8-25-9-14)15-10-27-22-17(18(15)24)21(30-31-22)23-28-16-3-5-26-19(20(16)29-23)12-4-6-33-11-12/h3-11H,1-2H3,(H,28,29)(H,27,30,31). The summed E-state index contributed by atoms with van der Waals surface area (Å²) >= 11 is 1.59. The van der Waals surface area contributed by atoms with E-state index in [1.807, 2.05) is 48.0 Å². The van der Waals surface area contributed by atoms with Gasteiger partial charge in [0, 0.05) is 54.8 Å². The lowest BCUT2D eigenvalue weighted by atomic mass is 10.1. The summed E-state index contributed by atoms with van der Waals surface area (Å²) in [6, 6.07) is 5.71. The topological polar surface area (TPSA) is 99.3 Å². The molecule has 6 heterocycles. The van der Waals surface area contributed by atoms with Crippen LogP contribution in [0.2, 0.25) is 0 Å². The Kier molecular flexibility index (Phi) is 4.40. The van der Waals surface area contributed by atoms with E-state index >= 15 is 4.39 Å². The molecule has 2 N–H and O–H groups in total. The first-order valence-electron chi connectivity index (χ1n) is 10.1. The molecule has 6 rings (SSSR count). The molecule has 6 aromatic heterocycles. The summed E-state index contributed by atoms with van der Waals surface area (Å²) < 4.78 is 15.8. The van der Waals surface area contributed by atoms with Crippen LogP contribution in [0.4, 0.5) is 10.1 Å². The maximum Gasteiger partial charge on any atom is 0.159 e. The van der Waals surface area contributed by atoms with Crippen LogP contribution in [0.15, 0.2) is 53.7 Å². The Morgan fingerprint density at radius 1 is 1.03 bits per heavy atom. The monoisotopic (exact) mass is 456 g/mol. The fourth-order valence-corrected chi connectivity index (χ4v) is 4.45. The largest absolute Gasteiger partial charge is 0.376 e. The Labute approximate surface area is 191 Å². The second-order valence-corrected chi connectivity index (χ2v) is 8.54. The summed E-state index contributed by atoms with van der Waals surface area (Å²) in [5.74, 6) is 0.0110. The van der Waals surface area contributed by atoms with E-state index in [0.29, 0.717) is 33.8 Å². The molecule has 0 radical (unpaired) electrons. The van der Waals surface area contributed by atoms with Gasteiger partial charge in [-0.05, 0) is 23.6 Å². The summed E-state index contributed by atoms with van der Waals surface area (Å²) in [4.78, 5) is 23.1. The van der Waals surface area contributed by atoms with Crippen LogP contribution in [-0.4, -0.2) is 49.2 Å². The Morgan fingerprint density at radius 2 is 1.94 bits per heavy atom. The first-order chi connectivity index (χ1) is 16.1. The number of nitrogens with one attached hydrogen (secondary N) is 2. The van der Waals surface area contributed by atoms with Crippen LogP contribution >= 0.6 is 11.3 Å². The maximum absolute atomic E-state index is 15.8. The summed E-state index contributed by atoms with van der Waals surface area (Å²) in [5, 5.41) is 11.4. The van der Waals surface area contributed by atoms with Gasteiger partial charge in [0.15, 0.2) is 11.5 Å². The number of aromatic nitrogens is 7. The second-order valence-electron chi connectivity index (χ2n) is 7.76. The van der Waals surface area contributed by atoms with Gasteiger partial charge >= 0.3 is 0 Å². The van der Waals surface area contributed by atoms with Crippen LogP contribution in [0.25, 0.3) is 56.0 Å². The number of pyridine rings is 3. The molecule has 0 atom stereocenters. The lowest BCUT2D eigenvalue weighted by Gasteiger charge is -2.13. The van der Waals surface area contributed by atoms with Crippen molar-refractivity contribution in [2.24, 2.45) is 0 Å². The number of fused-ring (bicyclic) bond motifs is 2. The molecule has 0 saturated heterocycles. The molecule has 162 valence electrons. The Morgan fingerprint density at radius 3 is 2.76 bits per heavy atom. The van der Waals surface area contributed by atoms with Gasteiger partial charge in [-0.15, -0.1) is 0 Å². The van der Waals surface area contributed by atoms with Crippen molar-refractivity contribution in [1.29, 1.82) is 0 Å². The molecule has 0 unspecified atom stereocenters. The fraction of sp³-hybridized carbons (Fsp3) is 0.0870. The van der Waals surface area contributed by atoms with Crippen molar-refractivity contribution < 1.29 is 4.39 Å². The lowest BCUT2D eigenvalue weighted by molar-refractivity contribution is 0.642. The number of H-pyrrole nitrogens is 2. The minimum absolute atomic E-state index is 0.270. The van der Waals surface area contributed by atoms with Gasteiger partial charge in [-0.25, -0.2) is 14.4 Å². The van der Waals surface area contributed by atoms with E-state index in [1.165, 1.54) is 6.20 Å². The number of anilines is 1. The molecule has 0 amide bonds. The van der Waals surface area contributed by atoms with Gasteiger partial charge in [-0.3, -0.25) is 15.1 Å². The fourth-order valence-electron chi connectivity index (χ4n) is 3.80. The number of nitrogens with zero attached hydrogens (tertiary/aromatic N) is 6. The molecule has 0 aliphatic carbocycles. The van der Waals surface area contributed by atoms with Gasteiger partial charge < -0.3 is 9.88 Å². The molecule has 0 aliphatic rings. The van der Waals surface area contributed by atoms with Crippen molar-refractivity contribution in [2.45, 2.75) is 0 Å². The zero-order valence-electron chi connectivity index (χ0n) is 17.7. The number of imidazole rings is 1. The van der Waals surface area contributed by atoms with Gasteiger partial charge in [0.1, 0.15) is 17.0 Å².